The highest BCUT2D eigenvalue weighted by atomic mass is 16.8. The van der Waals surface area contributed by atoms with Crippen molar-refractivity contribution in [2.75, 3.05) is 52.0 Å². The maximum atomic E-state index is 11.5. The van der Waals surface area contributed by atoms with Gasteiger partial charge in [-0.2, -0.15) is 0 Å². The number of imidazole rings is 1. The molecule has 588 valence electrons. The monoisotopic (exact) mass is 1490 g/mol. The number of nitrogens with zero attached hydrogens (tertiary/aromatic N) is 3. The number of fused-ring (bicyclic) bond motifs is 3. The summed E-state index contributed by atoms with van der Waals surface area (Å²) in [5, 5.41) is 250. The second-order valence-corrected chi connectivity index (χ2v) is 26.8. The van der Waals surface area contributed by atoms with Gasteiger partial charge in [0.25, 0.3) is 0 Å². The fourth-order valence-electron chi connectivity index (χ4n) is 13.8. The van der Waals surface area contributed by atoms with Crippen LogP contribution in [-0.2, 0) is 76.2 Å². The third-order valence-electron chi connectivity index (χ3n) is 19.8. The molecule has 6 aliphatic rings. The van der Waals surface area contributed by atoms with E-state index < -0.39 is 255 Å². The van der Waals surface area contributed by atoms with Gasteiger partial charge in [0.05, 0.1) is 63.4 Å². The van der Waals surface area contributed by atoms with Crippen LogP contribution in [0.3, 0.4) is 0 Å². The maximum Gasteiger partial charge on any atom is 0.187 e. The number of para-hydroxylation sites is 1. The molecule has 6 saturated heterocycles. The Bertz CT molecular complexity index is 3290. The molecule has 34 atom stereocenters. The lowest BCUT2D eigenvalue weighted by atomic mass is 9.95. The third kappa shape index (κ3) is 17.5. The summed E-state index contributed by atoms with van der Waals surface area (Å²) in [4.78, 5) is 9.49. The van der Waals surface area contributed by atoms with Gasteiger partial charge in [-0.1, -0.05) is 55.8 Å². The number of ether oxygens (including phenoxy) is 12. The van der Waals surface area contributed by atoms with Gasteiger partial charge in [-0.3, -0.25) is 0 Å². The number of anilines is 1. The first-order chi connectivity index (χ1) is 49.8. The molecule has 10 rings (SSSR count). The Morgan fingerprint density at radius 3 is 1.23 bits per heavy atom. The maximum absolute atomic E-state index is 11.5. The zero-order chi connectivity index (χ0) is 75.3. The van der Waals surface area contributed by atoms with Crippen LogP contribution in [0.2, 0.25) is 0 Å². The van der Waals surface area contributed by atoms with Gasteiger partial charge in [-0.25, -0.2) is 9.97 Å². The van der Waals surface area contributed by atoms with Crippen LogP contribution < -0.4 is 5.73 Å². The van der Waals surface area contributed by atoms with E-state index in [4.69, 9.17) is 67.6 Å². The van der Waals surface area contributed by atoms with Crippen molar-refractivity contribution in [1.82, 2.24) is 14.5 Å². The Morgan fingerprint density at radius 1 is 0.433 bits per heavy atom. The number of aliphatic hydroxyl groups is 23. The van der Waals surface area contributed by atoms with Crippen molar-refractivity contribution in [3.63, 3.8) is 0 Å². The third-order valence-corrected chi connectivity index (χ3v) is 19.8. The summed E-state index contributed by atoms with van der Waals surface area (Å²) in [6.45, 7) is -4.50. The molecule has 2 aromatic heterocycles. The molecule has 0 bridgehead atoms. The van der Waals surface area contributed by atoms with Crippen molar-refractivity contribution < 1.29 is 174 Å². The van der Waals surface area contributed by atoms with Crippen molar-refractivity contribution in [2.45, 2.75) is 261 Å². The number of aliphatic hydroxyl groups excluding tert-OH is 23. The molecule has 1 unspecified atom stereocenters. The van der Waals surface area contributed by atoms with Crippen LogP contribution in [0.1, 0.15) is 49.6 Å². The van der Waals surface area contributed by atoms with Gasteiger partial charge in [-0.05, 0) is 42.9 Å². The highest BCUT2D eigenvalue weighted by Crippen LogP contribution is 2.39. The van der Waals surface area contributed by atoms with Gasteiger partial charge in [0.15, 0.2) is 43.6 Å². The van der Waals surface area contributed by atoms with Gasteiger partial charge in [0.1, 0.15) is 176 Å². The van der Waals surface area contributed by atoms with Gasteiger partial charge >= 0.3 is 0 Å². The fraction of sp³-hybridized carbons (Fsp3) is 0.754. The minimum atomic E-state index is -2.25. The highest BCUT2D eigenvalue weighted by Gasteiger charge is 2.58. The van der Waals surface area contributed by atoms with E-state index in [2.05, 4.69) is 16.5 Å². The number of hydrogen-bond acceptors (Lipinski definition) is 38. The van der Waals surface area contributed by atoms with E-state index in [1.165, 1.54) is 0 Å². The summed E-state index contributed by atoms with van der Waals surface area (Å²) in [5.74, 6) is 1.23. The smallest absolute Gasteiger partial charge is 0.187 e. The minimum Gasteiger partial charge on any atom is -0.394 e. The summed E-state index contributed by atoms with van der Waals surface area (Å²) < 4.78 is 70.2. The molecule has 0 radical (unpaired) electrons. The van der Waals surface area contributed by atoms with Gasteiger partial charge in [0.2, 0.25) is 0 Å². The lowest BCUT2D eigenvalue weighted by Gasteiger charge is -2.50. The SMILES string of the molecule is CCCCc1nc2c(N)nc3ccccc3c2n1Cc1ccc(CCC[C@H](O)[C@@H](O)C(O[C@H]2O[C@H](CO)[C@@H](O[C@H]3O[C@H](CO)[C@@H](O[C@H]4O[C@H](CO)[C@@H](O[C@H]5O[C@H](CO)[C@@H](O[C@H]6O[C@H](CO)[C@@H](O[C@H]7O[C@H](CO)[C@@H](O)[C@H](O)[C@H]7O)[C@H](O)[C@H]6O)[C@H](O)[C@H]5O)[C@H](O)[C@H]4O)[C@H](O)[C@H]3O)[C@H](O)[C@H]2O)[C@H](O)CO)cc1. The van der Waals surface area contributed by atoms with Gasteiger partial charge in [-0.15, -0.1) is 0 Å². The second kappa shape index (κ2) is 36.5. The second-order valence-electron chi connectivity index (χ2n) is 26.8. The number of nitrogen functional groups attached to an aromatic ring is 1. The molecule has 8 heterocycles. The summed E-state index contributed by atoms with van der Waals surface area (Å²) in [7, 11) is 0. The highest BCUT2D eigenvalue weighted by molar-refractivity contribution is 6.06. The number of unbranched alkanes of at least 4 members (excludes halogenated alkanes) is 1. The van der Waals surface area contributed by atoms with Crippen LogP contribution in [0.25, 0.3) is 21.9 Å². The van der Waals surface area contributed by atoms with Crippen molar-refractivity contribution in [2.24, 2.45) is 0 Å². The molecule has 6 aliphatic heterocycles. The summed E-state index contributed by atoms with van der Waals surface area (Å²) in [6.07, 6.45) is -63.2. The Hall–Kier alpha value is -4.28. The fourth-order valence-corrected chi connectivity index (χ4v) is 13.8. The molecule has 6 fully saturated rings. The summed E-state index contributed by atoms with van der Waals surface area (Å²) in [6, 6.07) is 15.6. The molecular formula is C65H98N4O35. The lowest BCUT2D eigenvalue weighted by Crippen LogP contribution is -2.68. The summed E-state index contributed by atoms with van der Waals surface area (Å²) >= 11 is 0. The topological polar surface area (TPSA) is 633 Å². The Kier molecular flexibility index (Phi) is 28.9. The van der Waals surface area contributed by atoms with Crippen molar-refractivity contribution in [3.8, 4) is 0 Å². The number of aromatic nitrogens is 3. The van der Waals surface area contributed by atoms with Gasteiger partial charge < -0.3 is 185 Å². The molecule has 0 saturated carbocycles. The van der Waals surface area contributed by atoms with E-state index in [1.807, 2.05) is 48.5 Å². The molecule has 0 amide bonds. The van der Waals surface area contributed by atoms with Crippen LogP contribution in [0, 0.1) is 0 Å². The van der Waals surface area contributed by atoms with E-state index in [0.29, 0.717) is 30.7 Å². The number of rotatable bonds is 31. The van der Waals surface area contributed by atoms with E-state index in [9.17, 15) is 117 Å². The number of nitrogens with two attached hydrogens (primary N) is 1. The molecule has 25 N–H and O–H groups in total. The van der Waals surface area contributed by atoms with E-state index in [0.717, 1.165) is 52.6 Å². The Morgan fingerprint density at radius 2 is 0.817 bits per heavy atom. The average molecular weight is 1500 g/mol. The minimum absolute atomic E-state index is 0.0635. The number of pyridine rings is 1. The zero-order valence-corrected chi connectivity index (χ0v) is 56.3. The molecule has 104 heavy (non-hydrogen) atoms. The van der Waals surface area contributed by atoms with E-state index in [-0.39, 0.29) is 6.42 Å². The van der Waals surface area contributed by atoms with Crippen LogP contribution in [-0.4, -0.2) is 387 Å². The average Bonchev–Trinajstić information content (AvgIpc) is 1.70. The number of hydrogen-bond donors (Lipinski definition) is 24. The van der Waals surface area contributed by atoms with Crippen molar-refractivity contribution >= 4 is 27.8 Å². The molecule has 0 aliphatic carbocycles. The number of aryl methyl sites for hydroxylation is 2. The quantitative estimate of drug-likeness (QED) is 0.0222. The predicted octanol–water partition coefficient (Wildman–Crippen LogP) is -10.7. The number of benzene rings is 2. The zero-order valence-electron chi connectivity index (χ0n) is 56.3. The lowest BCUT2D eigenvalue weighted by molar-refractivity contribution is -0.397. The van der Waals surface area contributed by atoms with Crippen LogP contribution in [0.4, 0.5) is 5.82 Å². The molecular weight excluding hydrogens is 1400 g/mol. The Labute approximate surface area is 593 Å². The Balaban J connectivity index is 0.706. The molecule has 4 aromatic rings. The van der Waals surface area contributed by atoms with Gasteiger partial charge in [0, 0.05) is 18.4 Å². The largest absolute Gasteiger partial charge is 0.394 e. The van der Waals surface area contributed by atoms with Crippen molar-refractivity contribution in [3.05, 3.63) is 65.5 Å². The first-order valence-corrected chi connectivity index (χ1v) is 34.4. The van der Waals surface area contributed by atoms with Crippen LogP contribution in [0.15, 0.2) is 48.5 Å². The standard InChI is InChI=1S/C65H98N4O35/c1-2-3-11-36-68-37-38(26-8-4-5-9-27(26)67-59(37)66)69(36)16-25-14-12-24(13-15-25)7-6-10-28(77)39(79)53(29(78)17-70)99-61-48(88)42(82)55(31(19-72)94-61)101-63-50(90)44(84)57(33(21-74)96-63)103-65-52(92)46(86)58(35(23-76)98-65)104-64-51(91)45(85)56(34(22-75)97-64)102-62-49(89)43(83)54(32(20-73)95-62)100-60-47(87)41(81)40(80)30(18-71)93-60/h4-5,8-9,12-15,28-35,39-58,60-65,70-92H,2-3,6-7,10-11,16-23H2,1H3,(H2,66,67)/t28-,29+,30+,31+,32+,33+,34+,35+,39+,40+,41-,42+,43+,44+,45+,46+,47+,48+,49+,50+,51+,52+,53?,54+,55+,56+,57+,58+,60+,61+,62+,63+,64+,65+/m0/s1. The molecule has 39 nitrogen and oxygen atoms in total. The first kappa shape index (κ1) is 82.2. The molecule has 39 heteroatoms. The normalized spacial score (nSPS) is 40.0. The van der Waals surface area contributed by atoms with Crippen LogP contribution in [0.5, 0.6) is 0 Å². The van der Waals surface area contributed by atoms with Crippen LogP contribution >= 0.6 is 0 Å². The molecule has 2 aromatic carbocycles. The van der Waals surface area contributed by atoms with E-state index in [1.54, 1.807) is 0 Å². The summed E-state index contributed by atoms with van der Waals surface area (Å²) in [5.41, 5.74) is 10.6. The first-order valence-electron chi connectivity index (χ1n) is 34.4. The van der Waals surface area contributed by atoms with Crippen molar-refractivity contribution in [1.29, 1.82) is 0 Å². The van der Waals surface area contributed by atoms with E-state index >= 15 is 0 Å². The predicted molar refractivity (Wildman–Crippen MR) is 343 cm³/mol. The molecule has 0 spiro atoms.